The van der Waals surface area contributed by atoms with E-state index in [1.165, 1.54) is 56.9 Å². The van der Waals surface area contributed by atoms with E-state index in [4.69, 9.17) is 9.47 Å². The topological polar surface area (TPSA) is 226 Å². The molecule has 0 bridgehead atoms. The van der Waals surface area contributed by atoms with Gasteiger partial charge in [0, 0.05) is 58.9 Å². The number of carbonyl (C=O) groups excluding carboxylic acids is 2. The average molecular weight is 718 g/mol. The number of benzene rings is 3. The first-order valence-corrected chi connectivity index (χ1v) is 16.1. The van der Waals surface area contributed by atoms with Crippen LogP contribution in [0.15, 0.2) is 58.8 Å². The van der Waals surface area contributed by atoms with Gasteiger partial charge in [-0.05, 0) is 50.2 Å². The summed E-state index contributed by atoms with van der Waals surface area (Å²) < 4.78 is 27.7. The standard InChI is InChI=1S/C37H32FN9O6/c1-37(2)17-44-36(47-37)46-33(50)30-25(48)6-5-18(14-39)28(30)22-12-24(38)20(13-27(22)53-4)21-11-19(15-40)29(23-16-41-8-7-26(23)52-3)31(32(21)49)34(51)45-35-42-9-10-43-35/h5-8,11-13,16,48-49H,9-10,17H2,1-4H3,(H2,42,43,45,51)(H2,44,46,47,50). The maximum atomic E-state index is 16.6. The number of nitrogens with zero attached hydrogens (tertiary/aromatic N) is 5. The SMILES string of the molecule is COc1cc(-c2cc(C#N)c(-c3cnccc3OC)c(C(=O)NC3=NCCN3)c2O)c(F)cc1-c1c(C#N)ccc(O)c1C(=O)NC1=NC(C)(C)CN1. The highest BCUT2D eigenvalue weighted by Crippen LogP contribution is 2.47. The van der Waals surface area contributed by atoms with Crippen LogP contribution in [0.5, 0.6) is 23.0 Å². The fourth-order valence-electron chi connectivity index (χ4n) is 6.11. The number of pyridine rings is 1. The fourth-order valence-corrected chi connectivity index (χ4v) is 6.11. The van der Waals surface area contributed by atoms with Gasteiger partial charge in [-0.3, -0.25) is 30.2 Å². The zero-order chi connectivity index (χ0) is 38.0. The minimum atomic E-state index is -0.998. The van der Waals surface area contributed by atoms with Crippen molar-refractivity contribution in [1.82, 2.24) is 26.3 Å². The van der Waals surface area contributed by atoms with Crippen molar-refractivity contribution in [3.05, 3.63) is 76.9 Å². The molecular formula is C37H32FN9O6. The van der Waals surface area contributed by atoms with E-state index in [2.05, 4.69) is 36.2 Å². The number of nitriles is 2. The van der Waals surface area contributed by atoms with E-state index in [0.29, 0.717) is 19.6 Å². The molecule has 0 aliphatic carbocycles. The number of aliphatic imine (C=N–C) groups is 2. The smallest absolute Gasteiger partial charge is 0.262 e. The lowest BCUT2D eigenvalue weighted by Gasteiger charge is -2.20. The highest BCUT2D eigenvalue weighted by atomic mass is 19.1. The van der Waals surface area contributed by atoms with Crippen molar-refractivity contribution in [3.63, 3.8) is 0 Å². The van der Waals surface area contributed by atoms with Gasteiger partial charge < -0.3 is 30.3 Å². The highest BCUT2D eigenvalue weighted by Gasteiger charge is 2.32. The molecule has 2 aliphatic heterocycles. The summed E-state index contributed by atoms with van der Waals surface area (Å²) in [5.74, 6) is -3.45. The summed E-state index contributed by atoms with van der Waals surface area (Å²) in [5, 5.41) is 54.3. The van der Waals surface area contributed by atoms with Crippen molar-refractivity contribution in [3.8, 4) is 68.5 Å². The molecule has 0 radical (unpaired) electrons. The fraction of sp³-hybridized carbons (Fsp3) is 0.216. The van der Waals surface area contributed by atoms with Gasteiger partial charge in [0.25, 0.3) is 11.8 Å². The van der Waals surface area contributed by atoms with Crippen molar-refractivity contribution >= 4 is 23.7 Å². The molecule has 3 heterocycles. The van der Waals surface area contributed by atoms with Gasteiger partial charge in [0.05, 0.1) is 60.7 Å². The largest absolute Gasteiger partial charge is 0.507 e. The van der Waals surface area contributed by atoms with Gasteiger partial charge >= 0.3 is 0 Å². The summed E-state index contributed by atoms with van der Waals surface area (Å²) in [6, 6.07) is 11.3. The molecule has 53 heavy (non-hydrogen) atoms. The zero-order valence-electron chi connectivity index (χ0n) is 28.9. The Balaban J connectivity index is 1.56. The van der Waals surface area contributed by atoms with E-state index in [1.54, 1.807) is 0 Å². The van der Waals surface area contributed by atoms with E-state index < -0.39 is 40.2 Å². The third kappa shape index (κ3) is 6.68. The molecule has 15 nitrogen and oxygen atoms in total. The van der Waals surface area contributed by atoms with Gasteiger partial charge in [0.15, 0.2) is 11.9 Å². The van der Waals surface area contributed by atoms with E-state index in [0.717, 1.165) is 6.07 Å². The number of hydrogen-bond acceptors (Lipinski definition) is 13. The Kier molecular flexibility index (Phi) is 9.54. The number of rotatable bonds is 7. The third-order valence-corrected chi connectivity index (χ3v) is 8.54. The van der Waals surface area contributed by atoms with Gasteiger partial charge in [-0.25, -0.2) is 9.38 Å². The second-order valence-electron chi connectivity index (χ2n) is 12.5. The maximum absolute atomic E-state index is 16.6. The maximum Gasteiger partial charge on any atom is 0.262 e. The van der Waals surface area contributed by atoms with Crippen LogP contribution in [0.4, 0.5) is 4.39 Å². The van der Waals surface area contributed by atoms with E-state index in [9.17, 15) is 30.3 Å². The number of methoxy groups -OCH3 is 2. The Labute approximate surface area is 302 Å². The summed E-state index contributed by atoms with van der Waals surface area (Å²) in [7, 11) is 2.65. The molecule has 16 heteroatoms. The van der Waals surface area contributed by atoms with Gasteiger partial charge in [-0.1, -0.05) is 0 Å². The summed E-state index contributed by atoms with van der Waals surface area (Å²) in [6.07, 6.45) is 2.81. The summed E-state index contributed by atoms with van der Waals surface area (Å²) in [4.78, 5) is 40.2. The molecule has 0 saturated heterocycles. The molecule has 6 N–H and O–H groups in total. The van der Waals surface area contributed by atoms with Crippen LogP contribution in [-0.4, -0.2) is 78.3 Å². The average Bonchev–Trinajstić information content (AvgIpc) is 3.79. The number of phenolic OH excluding ortho intramolecular Hbond substituents is 2. The Morgan fingerprint density at radius 1 is 0.868 bits per heavy atom. The second kappa shape index (κ2) is 14.2. The number of phenols is 2. The number of aromatic hydroxyl groups is 2. The lowest BCUT2D eigenvalue weighted by molar-refractivity contribution is 0.0965. The quantitative estimate of drug-likeness (QED) is 0.162. The molecule has 0 fully saturated rings. The Morgan fingerprint density at radius 2 is 1.57 bits per heavy atom. The van der Waals surface area contributed by atoms with Crippen molar-refractivity contribution in [2.75, 3.05) is 33.9 Å². The minimum Gasteiger partial charge on any atom is -0.507 e. The summed E-state index contributed by atoms with van der Waals surface area (Å²) >= 11 is 0. The Morgan fingerprint density at radius 3 is 2.21 bits per heavy atom. The molecule has 3 aromatic carbocycles. The molecule has 0 unspecified atom stereocenters. The van der Waals surface area contributed by atoms with Crippen LogP contribution in [0.2, 0.25) is 0 Å². The summed E-state index contributed by atoms with van der Waals surface area (Å²) in [5.41, 5.74) is -2.10. The number of carbonyl (C=O) groups is 2. The van der Waals surface area contributed by atoms with E-state index in [1.807, 2.05) is 26.0 Å². The molecule has 0 spiro atoms. The lowest BCUT2D eigenvalue weighted by atomic mass is 9.87. The molecule has 6 rings (SSSR count). The first-order valence-electron chi connectivity index (χ1n) is 16.1. The number of hydrogen-bond donors (Lipinski definition) is 6. The molecule has 0 atom stereocenters. The van der Waals surface area contributed by atoms with Crippen LogP contribution < -0.4 is 30.7 Å². The molecule has 4 aromatic rings. The van der Waals surface area contributed by atoms with Crippen molar-refractivity contribution in [2.24, 2.45) is 9.98 Å². The number of nitrogens with one attached hydrogen (secondary N) is 4. The van der Waals surface area contributed by atoms with Gasteiger partial charge in [-0.15, -0.1) is 0 Å². The Hall–Kier alpha value is -7.20. The number of halogens is 1. The third-order valence-electron chi connectivity index (χ3n) is 8.54. The molecule has 2 amide bonds. The zero-order valence-corrected chi connectivity index (χ0v) is 28.9. The molecule has 268 valence electrons. The van der Waals surface area contributed by atoms with Crippen molar-refractivity contribution in [2.45, 2.75) is 19.4 Å². The second-order valence-corrected chi connectivity index (χ2v) is 12.5. The first-order chi connectivity index (χ1) is 25.4. The van der Waals surface area contributed by atoms with E-state index >= 15 is 4.39 Å². The molecular weight excluding hydrogens is 685 g/mol. The monoisotopic (exact) mass is 717 g/mol. The van der Waals surface area contributed by atoms with Crippen LogP contribution in [0, 0.1) is 28.5 Å². The first kappa shape index (κ1) is 35.6. The van der Waals surface area contributed by atoms with Crippen LogP contribution >= 0.6 is 0 Å². The van der Waals surface area contributed by atoms with Crippen molar-refractivity contribution < 1.29 is 33.7 Å². The van der Waals surface area contributed by atoms with Gasteiger partial charge in [0.1, 0.15) is 28.8 Å². The van der Waals surface area contributed by atoms with Gasteiger partial charge in [0.2, 0.25) is 0 Å². The molecule has 2 aliphatic rings. The van der Waals surface area contributed by atoms with Crippen LogP contribution in [-0.2, 0) is 0 Å². The molecule has 0 saturated carbocycles. The lowest BCUT2D eigenvalue weighted by Crippen LogP contribution is -2.38. The number of ether oxygens (including phenoxy) is 2. The molecule has 1 aromatic heterocycles. The Bertz CT molecular complexity index is 2340. The van der Waals surface area contributed by atoms with Crippen LogP contribution in [0.3, 0.4) is 0 Å². The number of aromatic nitrogens is 1. The normalized spacial score (nSPS) is 14.1. The summed E-state index contributed by atoms with van der Waals surface area (Å²) in [6.45, 7) is 5.00. The van der Waals surface area contributed by atoms with E-state index in [-0.39, 0.29) is 73.5 Å². The predicted molar refractivity (Wildman–Crippen MR) is 191 cm³/mol. The number of amides is 2. The minimum absolute atomic E-state index is 0.0300. The van der Waals surface area contributed by atoms with Gasteiger partial charge in [-0.2, -0.15) is 10.5 Å². The number of guanidine groups is 2. The van der Waals surface area contributed by atoms with Crippen LogP contribution in [0.25, 0.3) is 33.4 Å². The predicted octanol–water partition coefficient (Wildman–Crippen LogP) is 3.55. The van der Waals surface area contributed by atoms with Crippen molar-refractivity contribution in [1.29, 1.82) is 10.5 Å². The van der Waals surface area contributed by atoms with Crippen LogP contribution in [0.1, 0.15) is 45.7 Å². The highest BCUT2D eigenvalue weighted by molar-refractivity contribution is 6.14.